The summed E-state index contributed by atoms with van der Waals surface area (Å²) < 4.78 is 39.4. The predicted octanol–water partition coefficient (Wildman–Crippen LogP) is 3.50. The summed E-state index contributed by atoms with van der Waals surface area (Å²) in [6.45, 7) is 1.86. The molecule has 1 fully saturated rings. The first-order valence-corrected chi connectivity index (χ1v) is 10.3. The molecule has 1 aliphatic carbocycles. The summed E-state index contributed by atoms with van der Waals surface area (Å²) in [5.41, 5.74) is 0.594. The largest absolute Gasteiger partial charge is 0.354 e. The van der Waals surface area contributed by atoms with Gasteiger partial charge in [0.15, 0.2) is 9.84 Å². The maximum atomic E-state index is 13.2. The van der Waals surface area contributed by atoms with Gasteiger partial charge in [-0.2, -0.15) is 0 Å². The maximum Gasteiger partial charge on any atom is 0.223 e. The number of benzene rings is 2. The van der Waals surface area contributed by atoms with Gasteiger partial charge in [0.1, 0.15) is 11.1 Å². The van der Waals surface area contributed by atoms with E-state index < -0.39 is 20.9 Å². The highest BCUT2D eigenvalue weighted by Gasteiger charge is 2.34. The van der Waals surface area contributed by atoms with Crippen LogP contribution >= 0.6 is 0 Å². The molecule has 1 amide bonds. The maximum absolute atomic E-state index is 13.2. The first kappa shape index (κ1) is 18.6. The van der Waals surface area contributed by atoms with Gasteiger partial charge in [-0.05, 0) is 48.6 Å². The molecule has 0 bridgehead atoms. The molecule has 6 heteroatoms. The second-order valence-electron chi connectivity index (χ2n) is 6.77. The first-order chi connectivity index (χ1) is 12.4. The normalized spacial score (nSPS) is 16.7. The zero-order chi connectivity index (χ0) is 18.7. The van der Waals surface area contributed by atoms with Crippen LogP contribution in [0, 0.1) is 17.7 Å². The van der Waals surface area contributed by atoms with Crippen LogP contribution in [0.2, 0.25) is 0 Å². The molecule has 3 rings (SSSR count). The van der Waals surface area contributed by atoms with Gasteiger partial charge in [-0.25, -0.2) is 12.8 Å². The van der Waals surface area contributed by atoms with Crippen molar-refractivity contribution in [3.05, 3.63) is 66.0 Å². The number of nitrogens with one attached hydrogen (secondary N) is 1. The second-order valence-corrected chi connectivity index (χ2v) is 8.90. The lowest BCUT2D eigenvalue weighted by Crippen LogP contribution is -2.35. The van der Waals surface area contributed by atoms with Gasteiger partial charge in [0.2, 0.25) is 5.91 Å². The highest BCUT2D eigenvalue weighted by atomic mass is 32.2. The summed E-state index contributed by atoms with van der Waals surface area (Å²) in [7, 11) is -3.78. The van der Waals surface area contributed by atoms with Gasteiger partial charge in [0.05, 0.1) is 4.90 Å². The smallest absolute Gasteiger partial charge is 0.223 e. The van der Waals surface area contributed by atoms with Crippen molar-refractivity contribution in [2.24, 2.45) is 11.8 Å². The van der Waals surface area contributed by atoms with Crippen LogP contribution < -0.4 is 5.32 Å². The van der Waals surface area contributed by atoms with Crippen LogP contribution in [0.3, 0.4) is 0 Å². The Balaban J connectivity index is 1.85. The van der Waals surface area contributed by atoms with Gasteiger partial charge in [-0.1, -0.05) is 37.3 Å². The average molecular weight is 375 g/mol. The molecule has 0 heterocycles. The van der Waals surface area contributed by atoms with Gasteiger partial charge in [0.25, 0.3) is 0 Å². The first-order valence-electron chi connectivity index (χ1n) is 8.71. The van der Waals surface area contributed by atoms with Gasteiger partial charge >= 0.3 is 0 Å². The molecule has 2 aromatic carbocycles. The summed E-state index contributed by atoms with van der Waals surface area (Å²) >= 11 is 0. The minimum atomic E-state index is -3.78. The van der Waals surface area contributed by atoms with Crippen LogP contribution in [-0.2, 0) is 14.6 Å². The lowest BCUT2D eigenvalue weighted by molar-refractivity contribution is -0.125. The Morgan fingerprint density at radius 3 is 2.31 bits per heavy atom. The molecule has 0 aliphatic heterocycles. The molecule has 0 spiro atoms. The highest BCUT2D eigenvalue weighted by Crippen LogP contribution is 2.36. The summed E-state index contributed by atoms with van der Waals surface area (Å²) in [6.07, 6.45) is 2.09. The molecule has 2 unspecified atom stereocenters. The zero-order valence-electron chi connectivity index (χ0n) is 14.6. The zero-order valence-corrected chi connectivity index (χ0v) is 15.4. The van der Waals surface area contributed by atoms with E-state index in [2.05, 4.69) is 5.32 Å². The van der Waals surface area contributed by atoms with E-state index in [-0.39, 0.29) is 23.3 Å². The van der Waals surface area contributed by atoms with Crippen molar-refractivity contribution < 1.29 is 17.6 Å². The summed E-state index contributed by atoms with van der Waals surface area (Å²) in [4.78, 5) is 12.4. The molecule has 0 saturated heterocycles. The van der Waals surface area contributed by atoms with Crippen molar-refractivity contribution >= 4 is 15.7 Å². The third-order valence-corrected chi connectivity index (χ3v) is 7.01. The lowest BCUT2D eigenvalue weighted by atomic mass is 10.1. The number of hydrogen-bond acceptors (Lipinski definition) is 3. The number of carbonyl (C=O) groups is 1. The fourth-order valence-corrected chi connectivity index (χ4v) is 4.69. The summed E-state index contributed by atoms with van der Waals surface area (Å²) in [5, 5.41) is 1.87. The van der Waals surface area contributed by atoms with Crippen molar-refractivity contribution in [2.75, 3.05) is 6.54 Å². The SMILES string of the molecule is CC(C(=O)NCC(c1ccccc1)S(=O)(=O)c1ccc(F)cc1)C1CC1. The summed E-state index contributed by atoms with van der Waals surface area (Å²) in [5.74, 6) is -0.326. The van der Waals surface area contributed by atoms with Gasteiger partial charge in [-0.3, -0.25) is 4.79 Å². The molecular weight excluding hydrogens is 353 g/mol. The van der Waals surface area contributed by atoms with Crippen molar-refractivity contribution in [1.82, 2.24) is 5.32 Å². The molecule has 138 valence electrons. The quantitative estimate of drug-likeness (QED) is 0.754. The van der Waals surface area contributed by atoms with Crippen LogP contribution in [0.4, 0.5) is 4.39 Å². The standard InChI is InChI=1S/C20H22FNO3S/c1-14(15-7-8-15)20(23)22-13-19(16-5-3-2-4-6-16)26(24,25)18-11-9-17(21)10-12-18/h2-6,9-12,14-15,19H,7-8,13H2,1H3,(H,22,23). The fourth-order valence-electron chi connectivity index (χ4n) is 3.03. The van der Waals surface area contributed by atoms with E-state index in [4.69, 9.17) is 0 Å². The Kier molecular flexibility index (Phi) is 5.41. The minimum absolute atomic E-state index is 0.0143. The van der Waals surface area contributed by atoms with E-state index in [1.54, 1.807) is 30.3 Å². The van der Waals surface area contributed by atoms with Crippen molar-refractivity contribution in [1.29, 1.82) is 0 Å². The Bertz CT molecular complexity index is 862. The van der Waals surface area contributed by atoms with Crippen LogP contribution in [0.15, 0.2) is 59.5 Å². The van der Waals surface area contributed by atoms with Gasteiger partial charge < -0.3 is 5.32 Å². The Morgan fingerprint density at radius 1 is 1.12 bits per heavy atom. The highest BCUT2D eigenvalue weighted by molar-refractivity contribution is 7.91. The predicted molar refractivity (Wildman–Crippen MR) is 97.7 cm³/mol. The molecule has 0 aromatic heterocycles. The van der Waals surface area contributed by atoms with Gasteiger partial charge in [-0.15, -0.1) is 0 Å². The van der Waals surface area contributed by atoms with E-state index in [0.29, 0.717) is 11.5 Å². The van der Waals surface area contributed by atoms with Crippen LogP contribution in [0.5, 0.6) is 0 Å². The molecule has 0 radical (unpaired) electrons. The Morgan fingerprint density at radius 2 is 1.73 bits per heavy atom. The second kappa shape index (κ2) is 7.58. The monoisotopic (exact) mass is 375 g/mol. The summed E-state index contributed by atoms with van der Waals surface area (Å²) in [6, 6.07) is 13.5. The van der Waals surface area contributed by atoms with Crippen molar-refractivity contribution in [2.45, 2.75) is 29.9 Å². The molecule has 4 nitrogen and oxygen atoms in total. The molecular formula is C20H22FNO3S. The number of rotatable bonds is 7. The average Bonchev–Trinajstić information content (AvgIpc) is 3.47. The molecule has 1 N–H and O–H groups in total. The van der Waals surface area contributed by atoms with Crippen molar-refractivity contribution in [3.63, 3.8) is 0 Å². The number of carbonyl (C=O) groups excluding carboxylic acids is 1. The molecule has 26 heavy (non-hydrogen) atoms. The van der Waals surface area contributed by atoms with E-state index in [1.165, 1.54) is 12.1 Å². The van der Waals surface area contributed by atoms with E-state index in [1.807, 2.05) is 6.92 Å². The molecule has 2 atom stereocenters. The van der Waals surface area contributed by atoms with E-state index in [0.717, 1.165) is 25.0 Å². The molecule has 1 aliphatic rings. The number of amides is 1. The third kappa shape index (κ3) is 4.12. The minimum Gasteiger partial charge on any atom is -0.354 e. The lowest BCUT2D eigenvalue weighted by Gasteiger charge is -2.20. The van der Waals surface area contributed by atoms with E-state index in [9.17, 15) is 17.6 Å². The van der Waals surface area contributed by atoms with Crippen LogP contribution in [0.25, 0.3) is 0 Å². The number of halogens is 1. The van der Waals surface area contributed by atoms with E-state index >= 15 is 0 Å². The van der Waals surface area contributed by atoms with Crippen LogP contribution in [-0.4, -0.2) is 20.9 Å². The Hall–Kier alpha value is -2.21. The topological polar surface area (TPSA) is 63.2 Å². The third-order valence-electron chi connectivity index (χ3n) is 4.89. The van der Waals surface area contributed by atoms with Crippen molar-refractivity contribution in [3.8, 4) is 0 Å². The molecule has 1 saturated carbocycles. The number of sulfone groups is 1. The van der Waals surface area contributed by atoms with Gasteiger partial charge in [0, 0.05) is 12.5 Å². The Labute approximate surface area is 153 Å². The van der Waals surface area contributed by atoms with Crippen LogP contribution in [0.1, 0.15) is 30.6 Å². The fraction of sp³-hybridized carbons (Fsp3) is 0.350. The number of hydrogen-bond donors (Lipinski definition) is 1. The molecule has 2 aromatic rings.